The highest BCUT2D eigenvalue weighted by Crippen LogP contribution is 2.78. The molecule has 6 atom stereocenters. The molecule has 0 bridgehead atoms. The van der Waals surface area contributed by atoms with Gasteiger partial charge in [-0.1, -0.05) is 36.6 Å². The van der Waals surface area contributed by atoms with E-state index in [0.717, 1.165) is 30.6 Å². The summed E-state index contributed by atoms with van der Waals surface area (Å²) in [6.07, 6.45) is 12.7. The highest BCUT2D eigenvalue weighted by atomic mass is 16.3. The first kappa shape index (κ1) is 15.7. The van der Waals surface area contributed by atoms with E-state index in [4.69, 9.17) is 0 Å². The molecule has 1 nitrogen and oxygen atoms in total. The second-order valence-electron chi connectivity index (χ2n) is 10.3. The summed E-state index contributed by atoms with van der Waals surface area (Å²) in [5.41, 5.74) is 6.54. The molecule has 3 fully saturated rings. The van der Waals surface area contributed by atoms with E-state index >= 15 is 0 Å². The van der Waals surface area contributed by atoms with Crippen LogP contribution in [0.2, 0.25) is 0 Å². The fourth-order valence-electron chi connectivity index (χ4n) is 8.54. The van der Waals surface area contributed by atoms with Crippen LogP contribution in [0.3, 0.4) is 0 Å². The molecular formula is C23H34O. The molecule has 6 unspecified atom stereocenters. The predicted molar refractivity (Wildman–Crippen MR) is 98.5 cm³/mol. The van der Waals surface area contributed by atoms with Crippen molar-refractivity contribution in [1.82, 2.24) is 0 Å². The first-order valence-corrected chi connectivity index (χ1v) is 10.4. The normalized spacial score (nSPS) is 51.8. The van der Waals surface area contributed by atoms with Gasteiger partial charge < -0.3 is 5.11 Å². The Morgan fingerprint density at radius 3 is 2.38 bits per heavy atom. The summed E-state index contributed by atoms with van der Waals surface area (Å²) in [5.74, 6) is 2.69. The fourth-order valence-corrected chi connectivity index (χ4v) is 8.54. The van der Waals surface area contributed by atoms with Crippen LogP contribution in [0.5, 0.6) is 0 Å². The van der Waals surface area contributed by atoms with E-state index < -0.39 is 0 Å². The van der Waals surface area contributed by atoms with Crippen LogP contribution >= 0.6 is 0 Å². The third-order valence-electron chi connectivity index (χ3n) is 10.1. The molecule has 3 saturated carbocycles. The van der Waals surface area contributed by atoms with Gasteiger partial charge >= 0.3 is 0 Å². The van der Waals surface area contributed by atoms with Crippen molar-refractivity contribution in [2.45, 2.75) is 85.2 Å². The molecule has 1 N–H and O–H groups in total. The minimum atomic E-state index is -0.0783. The number of aliphatic hydroxyl groups is 1. The van der Waals surface area contributed by atoms with Crippen LogP contribution in [0.4, 0.5) is 0 Å². The van der Waals surface area contributed by atoms with Gasteiger partial charge in [0.05, 0.1) is 6.10 Å². The van der Waals surface area contributed by atoms with Gasteiger partial charge in [0.1, 0.15) is 0 Å². The lowest BCUT2D eigenvalue weighted by Crippen LogP contribution is -2.51. The average Bonchev–Trinajstić information content (AvgIpc) is 2.94. The van der Waals surface area contributed by atoms with Crippen LogP contribution in [0, 0.1) is 34.0 Å². The predicted octanol–water partition coefficient (Wildman–Crippen LogP) is 5.65. The fraction of sp³-hybridized carbons (Fsp3) is 0.826. The molecule has 5 aliphatic rings. The van der Waals surface area contributed by atoms with Gasteiger partial charge in [-0.3, -0.25) is 0 Å². The quantitative estimate of drug-likeness (QED) is 0.571. The number of rotatable bonds is 0. The Balaban J connectivity index is 1.50. The lowest BCUT2D eigenvalue weighted by Gasteiger charge is -2.58. The summed E-state index contributed by atoms with van der Waals surface area (Å²) >= 11 is 0. The Labute approximate surface area is 147 Å². The second kappa shape index (κ2) is 4.58. The van der Waals surface area contributed by atoms with Gasteiger partial charge in [-0.05, 0) is 93.8 Å². The Bertz CT molecular complexity index is 643. The number of allylic oxidation sites excluding steroid dienone is 3. The van der Waals surface area contributed by atoms with Crippen molar-refractivity contribution < 1.29 is 5.11 Å². The van der Waals surface area contributed by atoms with E-state index in [9.17, 15) is 5.11 Å². The van der Waals surface area contributed by atoms with Crippen molar-refractivity contribution in [2.24, 2.45) is 34.0 Å². The lowest BCUT2D eigenvalue weighted by molar-refractivity contribution is -0.0522. The maximum Gasteiger partial charge on any atom is 0.0577 e. The van der Waals surface area contributed by atoms with Gasteiger partial charge in [-0.15, -0.1) is 0 Å². The summed E-state index contributed by atoms with van der Waals surface area (Å²) in [7, 11) is 0. The molecule has 0 heterocycles. The highest BCUT2D eigenvalue weighted by molar-refractivity contribution is 5.51. The summed E-state index contributed by atoms with van der Waals surface area (Å²) in [5, 5.41) is 10.1. The number of fused-ring (bicyclic) bond motifs is 6. The summed E-state index contributed by atoms with van der Waals surface area (Å²) < 4.78 is 0. The van der Waals surface area contributed by atoms with E-state index in [-0.39, 0.29) is 6.10 Å². The van der Waals surface area contributed by atoms with Crippen molar-refractivity contribution in [2.75, 3.05) is 0 Å². The Morgan fingerprint density at radius 2 is 1.67 bits per heavy atom. The molecule has 0 aromatic carbocycles. The largest absolute Gasteiger partial charge is 0.393 e. The van der Waals surface area contributed by atoms with Crippen molar-refractivity contribution in [1.29, 1.82) is 0 Å². The minimum Gasteiger partial charge on any atom is -0.393 e. The van der Waals surface area contributed by atoms with Crippen LogP contribution in [-0.2, 0) is 0 Å². The van der Waals surface area contributed by atoms with E-state index in [1.165, 1.54) is 38.5 Å². The van der Waals surface area contributed by atoms with E-state index in [1.807, 2.05) is 0 Å². The first-order valence-electron chi connectivity index (χ1n) is 10.4. The van der Waals surface area contributed by atoms with Crippen molar-refractivity contribution in [3.63, 3.8) is 0 Å². The van der Waals surface area contributed by atoms with E-state index in [0.29, 0.717) is 16.2 Å². The van der Waals surface area contributed by atoms with Crippen molar-refractivity contribution >= 4 is 0 Å². The van der Waals surface area contributed by atoms with Gasteiger partial charge in [0, 0.05) is 5.41 Å². The molecule has 0 amide bonds. The second-order valence-corrected chi connectivity index (χ2v) is 10.3. The maximum atomic E-state index is 10.1. The standard InChI is InChI=1S/C23H34O/c1-14-15(2)23(14)12-9-20-18-6-5-16-13-17(24)7-10-21(16,3)19(18)8-11-22(20,23)4/h5,17-20,24H,6-13H2,1-4H3. The lowest BCUT2D eigenvalue weighted by atomic mass is 9.46. The molecule has 0 saturated heterocycles. The van der Waals surface area contributed by atoms with Gasteiger partial charge in [-0.25, -0.2) is 0 Å². The number of hydrogen-bond acceptors (Lipinski definition) is 1. The summed E-state index contributed by atoms with van der Waals surface area (Å²) in [6, 6.07) is 0. The summed E-state index contributed by atoms with van der Waals surface area (Å²) in [6.45, 7) is 10.0. The molecule has 132 valence electrons. The van der Waals surface area contributed by atoms with Crippen LogP contribution in [0.1, 0.15) is 79.1 Å². The Hall–Kier alpha value is -0.560. The van der Waals surface area contributed by atoms with E-state index in [2.05, 4.69) is 33.8 Å². The molecule has 0 aromatic rings. The zero-order valence-electron chi connectivity index (χ0n) is 16.0. The zero-order valence-corrected chi connectivity index (χ0v) is 16.0. The van der Waals surface area contributed by atoms with Gasteiger partial charge in [0.2, 0.25) is 0 Å². The Morgan fingerprint density at radius 1 is 0.958 bits per heavy atom. The molecule has 1 heteroatoms. The van der Waals surface area contributed by atoms with Gasteiger partial charge in [0.15, 0.2) is 0 Å². The molecule has 5 rings (SSSR count). The molecule has 24 heavy (non-hydrogen) atoms. The molecule has 5 aliphatic carbocycles. The molecule has 0 radical (unpaired) electrons. The summed E-state index contributed by atoms with van der Waals surface area (Å²) in [4.78, 5) is 0. The molecule has 1 spiro atoms. The maximum absolute atomic E-state index is 10.1. The first-order chi connectivity index (χ1) is 11.3. The number of hydrogen-bond donors (Lipinski definition) is 1. The highest BCUT2D eigenvalue weighted by Gasteiger charge is 2.69. The third kappa shape index (κ3) is 1.57. The smallest absolute Gasteiger partial charge is 0.0577 e. The van der Waals surface area contributed by atoms with Gasteiger partial charge in [-0.2, -0.15) is 0 Å². The topological polar surface area (TPSA) is 20.2 Å². The SMILES string of the molecule is CC1=C(C)C12CCC1C3CC=C4CC(O)CCC4(C)C3CCC12C. The van der Waals surface area contributed by atoms with E-state index in [1.54, 1.807) is 16.7 Å². The third-order valence-corrected chi connectivity index (χ3v) is 10.1. The Kier molecular flexibility index (Phi) is 2.99. The van der Waals surface area contributed by atoms with Crippen molar-refractivity contribution in [3.05, 3.63) is 22.8 Å². The van der Waals surface area contributed by atoms with Crippen LogP contribution in [-0.4, -0.2) is 11.2 Å². The molecular weight excluding hydrogens is 292 g/mol. The average molecular weight is 327 g/mol. The van der Waals surface area contributed by atoms with Crippen molar-refractivity contribution in [3.8, 4) is 0 Å². The minimum absolute atomic E-state index is 0.0783. The monoisotopic (exact) mass is 326 g/mol. The zero-order chi connectivity index (χ0) is 16.9. The molecule has 0 aromatic heterocycles. The van der Waals surface area contributed by atoms with Crippen LogP contribution in [0.15, 0.2) is 22.8 Å². The van der Waals surface area contributed by atoms with Crippen LogP contribution < -0.4 is 0 Å². The molecule has 0 aliphatic heterocycles. The van der Waals surface area contributed by atoms with Gasteiger partial charge in [0.25, 0.3) is 0 Å². The number of aliphatic hydroxyl groups excluding tert-OH is 1. The van der Waals surface area contributed by atoms with Crippen LogP contribution in [0.25, 0.3) is 0 Å².